The van der Waals surface area contributed by atoms with Crippen LogP contribution >= 0.6 is 0 Å². The molecule has 0 N–H and O–H groups in total. The molecule has 0 aromatic heterocycles. The molecule has 0 spiro atoms. The molecule has 84 valence electrons. The van der Waals surface area contributed by atoms with Crippen molar-refractivity contribution in [2.45, 2.75) is 77.0 Å². The second-order valence-electron chi connectivity index (χ2n) is 4.24. The quantitative estimate of drug-likeness (QED) is 0.391. The van der Waals surface area contributed by atoms with Crippen LogP contribution in [0.2, 0.25) is 0 Å². The summed E-state index contributed by atoms with van der Waals surface area (Å²) in [4.78, 5) is 0. The maximum atomic E-state index is 3.86. The van der Waals surface area contributed by atoms with Gasteiger partial charge in [0.05, 0.1) is 0 Å². The first-order chi connectivity index (χ1) is 6.91. The van der Waals surface area contributed by atoms with E-state index in [4.69, 9.17) is 0 Å². The van der Waals surface area contributed by atoms with Gasteiger partial charge >= 0.3 is 0 Å². The van der Waals surface area contributed by atoms with Crippen molar-refractivity contribution < 1.29 is 0 Å². The molecule has 14 heavy (non-hydrogen) atoms. The third-order valence-electron chi connectivity index (χ3n) is 2.75. The molecule has 0 atom stereocenters. The second kappa shape index (κ2) is 13.0. The fourth-order valence-electron chi connectivity index (χ4n) is 1.77. The predicted octanol–water partition coefficient (Wildman–Crippen LogP) is 5.34. The third kappa shape index (κ3) is 12.0. The Balaban J connectivity index is 2.78. The maximum absolute atomic E-state index is 3.86. The summed E-state index contributed by atoms with van der Waals surface area (Å²) < 4.78 is 0. The van der Waals surface area contributed by atoms with E-state index < -0.39 is 0 Å². The molecule has 2 radical (unpaired) electrons. The standard InChI is InChI=1S/C14H28/c1-3-5-7-9-11-13-14-12-10-8-6-4-2/h1-14H2. The van der Waals surface area contributed by atoms with Crippen LogP contribution < -0.4 is 0 Å². The van der Waals surface area contributed by atoms with Crippen molar-refractivity contribution in [3.05, 3.63) is 13.8 Å². The molecule has 0 aliphatic carbocycles. The van der Waals surface area contributed by atoms with Gasteiger partial charge in [0.2, 0.25) is 0 Å². The zero-order valence-corrected chi connectivity index (χ0v) is 9.90. The lowest BCUT2D eigenvalue weighted by atomic mass is 10.1. The van der Waals surface area contributed by atoms with Crippen LogP contribution in [0.4, 0.5) is 0 Å². The molecule has 0 aromatic rings. The Kier molecular flexibility index (Phi) is 13.0. The van der Waals surface area contributed by atoms with Gasteiger partial charge in [0.25, 0.3) is 0 Å². The minimum atomic E-state index is 1.12. The normalized spacial score (nSPS) is 10.7. The highest BCUT2D eigenvalue weighted by Gasteiger charge is 1.91. The van der Waals surface area contributed by atoms with Gasteiger partial charge in [-0.3, -0.25) is 0 Å². The predicted molar refractivity (Wildman–Crippen MR) is 66.1 cm³/mol. The molecular formula is C14H28. The van der Waals surface area contributed by atoms with Crippen molar-refractivity contribution in [3.63, 3.8) is 0 Å². The summed E-state index contributed by atoms with van der Waals surface area (Å²) in [5.41, 5.74) is 0. The smallest absolute Gasteiger partial charge is 0.0533 e. The topological polar surface area (TPSA) is 0 Å². The summed E-state index contributed by atoms with van der Waals surface area (Å²) >= 11 is 0. The molecule has 0 aromatic carbocycles. The lowest BCUT2D eigenvalue weighted by Crippen LogP contribution is -1.81. The first-order valence-corrected chi connectivity index (χ1v) is 6.50. The largest absolute Gasteiger partial charge is 0.0533 e. The Hall–Kier alpha value is 0. The molecule has 0 nitrogen and oxygen atoms in total. The maximum Gasteiger partial charge on any atom is -0.0533 e. The summed E-state index contributed by atoms with van der Waals surface area (Å²) in [6.07, 6.45) is 16.3. The van der Waals surface area contributed by atoms with Gasteiger partial charge in [-0.1, -0.05) is 90.9 Å². The third-order valence-corrected chi connectivity index (χ3v) is 2.75. The minimum absolute atomic E-state index is 1.12. The highest BCUT2D eigenvalue weighted by Crippen LogP contribution is 2.11. The minimum Gasteiger partial charge on any atom is -0.0533 e. The second-order valence-corrected chi connectivity index (χ2v) is 4.24. The van der Waals surface area contributed by atoms with Gasteiger partial charge in [0, 0.05) is 0 Å². The molecule has 0 saturated heterocycles. The fraction of sp³-hybridized carbons (Fsp3) is 0.857. The van der Waals surface area contributed by atoms with Crippen LogP contribution in [0.1, 0.15) is 77.0 Å². The van der Waals surface area contributed by atoms with Crippen molar-refractivity contribution >= 4 is 0 Å². The van der Waals surface area contributed by atoms with Gasteiger partial charge in [0.1, 0.15) is 0 Å². The van der Waals surface area contributed by atoms with E-state index in [9.17, 15) is 0 Å². The van der Waals surface area contributed by atoms with E-state index in [0.717, 1.165) is 12.8 Å². The molecule has 0 aliphatic heterocycles. The average Bonchev–Trinajstić information content (AvgIpc) is 2.21. The molecular weight excluding hydrogens is 168 g/mol. The molecule has 0 aliphatic rings. The Morgan fingerprint density at radius 1 is 0.357 bits per heavy atom. The summed E-state index contributed by atoms with van der Waals surface area (Å²) in [7, 11) is 0. The van der Waals surface area contributed by atoms with Crippen molar-refractivity contribution in [2.24, 2.45) is 0 Å². The number of rotatable bonds is 11. The van der Waals surface area contributed by atoms with Gasteiger partial charge in [-0.05, 0) is 0 Å². The summed E-state index contributed by atoms with van der Waals surface area (Å²) in [6, 6.07) is 0. The molecule has 0 fully saturated rings. The van der Waals surface area contributed by atoms with Crippen LogP contribution in [-0.2, 0) is 0 Å². The lowest BCUT2D eigenvalue weighted by Gasteiger charge is -2.01. The Labute approximate surface area is 91.5 Å². The molecule has 0 heteroatoms. The van der Waals surface area contributed by atoms with E-state index in [1.165, 1.54) is 64.2 Å². The summed E-state index contributed by atoms with van der Waals surface area (Å²) in [5.74, 6) is 0. The Morgan fingerprint density at radius 3 is 0.786 bits per heavy atom. The molecule has 0 saturated carbocycles. The van der Waals surface area contributed by atoms with Crippen molar-refractivity contribution in [3.8, 4) is 0 Å². The van der Waals surface area contributed by atoms with E-state index in [1.54, 1.807) is 0 Å². The van der Waals surface area contributed by atoms with Gasteiger partial charge in [0.15, 0.2) is 0 Å². The van der Waals surface area contributed by atoms with E-state index in [1.807, 2.05) is 0 Å². The Morgan fingerprint density at radius 2 is 0.571 bits per heavy atom. The van der Waals surface area contributed by atoms with Gasteiger partial charge in [-0.25, -0.2) is 0 Å². The van der Waals surface area contributed by atoms with E-state index in [2.05, 4.69) is 13.8 Å². The van der Waals surface area contributed by atoms with Crippen LogP contribution in [-0.4, -0.2) is 0 Å². The van der Waals surface area contributed by atoms with Gasteiger partial charge in [-0.2, -0.15) is 0 Å². The van der Waals surface area contributed by atoms with Crippen LogP contribution in [0, 0.1) is 13.8 Å². The van der Waals surface area contributed by atoms with Crippen molar-refractivity contribution in [1.82, 2.24) is 0 Å². The number of hydrogen-bond donors (Lipinski definition) is 0. The lowest BCUT2D eigenvalue weighted by molar-refractivity contribution is 0.553. The monoisotopic (exact) mass is 196 g/mol. The van der Waals surface area contributed by atoms with E-state index in [-0.39, 0.29) is 0 Å². The number of unbranched alkanes of at least 4 members (excludes halogenated alkanes) is 11. The van der Waals surface area contributed by atoms with Crippen LogP contribution in [0.5, 0.6) is 0 Å². The highest BCUT2D eigenvalue weighted by atomic mass is 14.0. The Bertz CT molecular complexity index is 74.0. The zero-order chi connectivity index (χ0) is 10.5. The first kappa shape index (κ1) is 14.0. The molecule has 0 heterocycles. The zero-order valence-electron chi connectivity index (χ0n) is 9.90. The molecule has 0 amide bonds. The van der Waals surface area contributed by atoms with Gasteiger partial charge < -0.3 is 0 Å². The SMILES string of the molecule is [CH2]CCCCCCCCCCCC[CH2]. The van der Waals surface area contributed by atoms with Crippen LogP contribution in [0.15, 0.2) is 0 Å². The fourth-order valence-corrected chi connectivity index (χ4v) is 1.77. The number of hydrogen-bond acceptors (Lipinski definition) is 0. The summed E-state index contributed by atoms with van der Waals surface area (Å²) in [5, 5.41) is 0. The van der Waals surface area contributed by atoms with E-state index >= 15 is 0 Å². The molecule has 0 rings (SSSR count). The van der Waals surface area contributed by atoms with Crippen molar-refractivity contribution in [2.75, 3.05) is 0 Å². The van der Waals surface area contributed by atoms with Crippen LogP contribution in [0.3, 0.4) is 0 Å². The van der Waals surface area contributed by atoms with E-state index in [0.29, 0.717) is 0 Å². The molecule has 0 bridgehead atoms. The highest BCUT2D eigenvalue weighted by molar-refractivity contribution is 4.49. The van der Waals surface area contributed by atoms with Gasteiger partial charge in [-0.15, -0.1) is 0 Å². The molecule has 0 unspecified atom stereocenters. The average molecular weight is 196 g/mol. The van der Waals surface area contributed by atoms with Crippen LogP contribution in [0.25, 0.3) is 0 Å². The first-order valence-electron chi connectivity index (χ1n) is 6.50. The summed E-state index contributed by atoms with van der Waals surface area (Å²) in [6.45, 7) is 7.71. The van der Waals surface area contributed by atoms with Crippen molar-refractivity contribution in [1.29, 1.82) is 0 Å².